The number of nitrogens with zero attached hydrogens (tertiary/aromatic N) is 5. The molecule has 0 spiro atoms. The number of amides is 1. The lowest BCUT2D eigenvalue weighted by Gasteiger charge is -2.32. The van der Waals surface area contributed by atoms with E-state index in [2.05, 4.69) is 10.1 Å². The van der Waals surface area contributed by atoms with Crippen LogP contribution in [-0.2, 0) is 17.9 Å². The normalized spacial score (nSPS) is 18.1. The highest BCUT2D eigenvalue weighted by atomic mass is 16.2. The van der Waals surface area contributed by atoms with Crippen LogP contribution in [0.15, 0.2) is 35.8 Å². The van der Waals surface area contributed by atoms with Gasteiger partial charge in [-0.15, -0.1) is 0 Å². The Kier molecular flexibility index (Phi) is 4.55. The van der Waals surface area contributed by atoms with E-state index in [0.29, 0.717) is 12.5 Å². The number of hydrogen-bond donors (Lipinski definition) is 0. The molecule has 2 aromatic rings. The lowest BCUT2D eigenvalue weighted by molar-refractivity contribution is -0.133. The zero-order valence-corrected chi connectivity index (χ0v) is 13.3. The summed E-state index contributed by atoms with van der Waals surface area (Å²) in [6.45, 7) is 4.21. The fraction of sp³-hybridized carbons (Fsp3) is 0.500. The summed E-state index contributed by atoms with van der Waals surface area (Å²) in [6, 6.07) is 3.40. The highest BCUT2D eigenvalue weighted by molar-refractivity contribution is 5.76. The van der Waals surface area contributed by atoms with E-state index in [1.54, 1.807) is 18.6 Å². The van der Waals surface area contributed by atoms with Crippen LogP contribution in [-0.4, -0.2) is 43.2 Å². The Morgan fingerprint density at radius 2 is 2.30 bits per heavy atom. The Morgan fingerprint density at radius 3 is 3.04 bits per heavy atom. The summed E-state index contributed by atoms with van der Waals surface area (Å²) in [5.41, 5.74) is 0.777. The Morgan fingerprint density at radius 1 is 1.43 bits per heavy atom. The van der Waals surface area contributed by atoms with Gasteiger partial charge in [0.1, 0.15) is 19.2 Å². The van der Waals surface area contributed by atoms with Crippen LogP contribution in [0.5, 0.6) is 0 Å². The van der Waals surface area contributed by atoms with E-state index in [1.165, 1.54) is 10.9 Å². The van der Waals surface area contributed by atoms with Crippen LogP contribution >= 0.6 is 0 Å². The lowest BCUT2D eigenvalue weighted by Crippen LogP contribution is -2.43. The van der Waals surface area contributed by atoms with Gasteiger partial charge in [0.25, 0.3) is 5.56 Å². The third-order valence-corrected chi connectivity index (χ3v) is 4.24. The van der Waals surface area contributed by atoms with Crippen LogP contribution < -0.4 is 5.56 Å². The van der Waals surface area contributed by atoms with Crippen molar-refractivity contribution in [1.29, 1.82) is 0 Å². The topological polar surface area (TPSA) is 73.0 Å². The zero-order valence-electron chi connectivity index (χ0n) is 13.3. The standard InChI is InChI=1S/C16H21N5O2/c1-13-4-6-20(15(22)7-13)10-16(23)19-5-2-3-14(8-19)9-21-12-17-11-18-21/h4,6-7,11-12,14H,2-3,5,8-10H2,1H3. The molecule has 1 fully saturated rings. The Bertz CT molecular complexity index is 722. The van der Waals surface area contributed by atoms with Gasteiger partial charge in [-0.05, 0) is 37.3 Å². The Hall–Kier alpha value is -2.44. The summed E-state index contributed by atoms with van der Waals surface area (Å²) in [7, 11) is 0. The largest absolute Gasteiger partial charge is 0.341 e. The van der Waals surface area contributed by atoms with E-state index in [1.807, 2.05) is 22.6 Å². The molecule has 2 aromatic heterocycles. The average Bonchev–Trinajstić information content (AvgIpc) is 3.03. The highest BCUT2D eigenvalue weighted by Crippen LogP contribution is 2.18. The van der Waals surface area contributed by atoms with Gasteiger partial charge in [0.2, 0.25) is 5.91 Å². The minimum atomic E-state index is -0.130. The van der Waals surface area contributed by atoms with Crippen LogP contribution in [0, 0.1) is 12.8 Å². The minimum Gasteiger partial charge on any atom is -0.341 e. The first-order chi connectivity index (χ1) is 11.1. The van der Waals surface area contributed by atoms with Crippen molar-refractivity contribution in [3.63, 3.8) is 0 Å². The maximum Gasteiger partial charge on any atom is 0.251 e. The number of pyridine rings is 1. The molecule has 0 N–H and O–H groups in total. The summed E-state index contributed by atoms with van der Waals surface area (Å²) in [5.74, 6) is 0.378. The minimum absolute atomic E-state index is 0.000701. The van der Waals surface area contributed by atoms with Crippen molar-refractivity contribution in [1.82, 2.24) is 24.2 Å². The molecule has 1 unspecified atom stereocenters. The van der Waals surface area contributed by atoms with E-state index < -0.39 is 0 Å². The summed E-state index contributed by atoms with van der Waals surface area (Å²) < 4.78 is 3.28. The number of carbonyl (C=O) groups excluding carboxylic acids is 1. The predicted molar refractivity (Wildman–Crippen MR) is 84.8 cm³/mol. The van der Waals surface area contributed by atoms with Gasteiger partial charge in [0, 0.05) is 31.9 Å². The Balaban J connectivity index is 1.61. The number of rotatable bonds is 4. The number of aryl methyl sites for hydroxylation is 1. The molecule has 23 heavy (non-hydrogen) atoms. The number of piperidine rings is 1. The smallest absolute Gasteiger partial charge is 0.251 e. The molecule has 122 valence electrons. The predicted octanol–water partition coefficient (Wildman–Crippen LogP) is 0.687. The molecule has 1 aliphatic heterocycles. The first kappa shape index (κ1) is 15.5. The molecule has 0 aliphatic carbocycles. The monoisotopic (exact) mass is 315 g/mol. The van der Waals surface area contributed by atoms with Crippen LogP contribution in [0.3, 0.4) is 0 Å². The maximum absolute atomic E-state index is 12.5. The number of carbonyl (C=O) groups is 1. The van der Waals surface area contributed by atoms with E-state index in [4.69, 9.17) is 0 Å². The third-order valence-electron chi connectivity index (χ3n) is 4.24. The van der Waals surface area contributed by atoms with Gasteiger partial charge in [-0.25, -0.2) is 4.98 Å². The van der Waals surface area contributed by atoms with Crippen LogP contribution in [0.1, 0.15) is 18.4 Å². The van der Waals surface area contributed by atoms with Crippen molar-refractivity contribution in [2.75, 3.05) is 13.1 Å². The molecule has 0 radical (unpaired) electrons. The second kappa shape index (κ2) is 6.76. The van der Waals surface area contributed by atoms with Crippen molar-refractivity contribution < 1.29 is 4.79 Å². The molecular formula is C16H21N5O2. The SMILES string of the molecule is Cc1ccn(CC(=O)N2CCCC(Cn3cncn3)C2)c(=O)c1. The fourth-order valence-electron chi connectivity index (χ4n) is 3.02. The molecule has 1 saturated heterocycles. The molecule has 3 rings (SSSR count). The number of likely N-dealkylation sites (tertiary alicyclic amines) is 1. The molecule has 0 aromatic carbocycles. The molecule has 1 aliphatic rings. The summed E-state index contributed by atoms with van der Waals surface area (Å²) >= 11 is 0. The molecule has 1 atom stereocenters. The first-order valence-corrected chi connectivity index (χ1v) is 7.89. The van der Waals surface area contributed by atoms with Crippen LogP contribution in [0.25, 0.3) is 0 Å². The third kappa shape index (κ3) is 3.85. The number of aromatic nitrogens is 4. The van der Waals surface area contributed by atoms with E-state index in [0.717, 1.165) is 31.5 Å². The van der Waals surface area contributed by atoms with E-state index in [9.17, 15) is 9.59 Å². The van der Waals surface area contributed by atoms with Gasteiger partial charge in [-0.2, -0.15) is 5.10 Å². The van der Waals surface area contributed by atoms with E-state index >= 15 is 0 Å². The number of hydrogen-bond acceptors (Lipinski definition) is 4. The molecule has 1 amide bonds. The van der Waals surface area contributed by atoms with Gasteiger partial charge in [0.05, 0.1) is 0 Å². The summed E-state index contributed by atoms with van der Waals surface area (Å²) in [6.07, 6.45) is 6.97. The van der Waals surface area contributed by atoms with Gasteiger partial charge in [0.15, 0.2) is 0 Å². The molecule has 0 saturated carbocycles. The van der Waals surface area contributed by atoms with Crippen molar-refractivity contribution in [3.8, 4) is 0 Å². The molecular weight excluding hydrogens is 294 g/mol. The van der Waals surface area contributed by atoms with Gasteiger partial charge in [-0.1, -0.05) is 0 Å². The molecule has 7 nitrogen and oxygen atoms in total. The van der Waals surface area contributed by atoms with Crippen molar-refractivity contribution >= 4 is 5.91 Å². The van der Waals surface area contributed by atoms with Gasteiger partial charge >= 0.3 is 0 Å². The van der Waals surface area contributed by atoms with Crippen LogP contribution in [0.4, 0.5) is 0 Å². The van der Waals surface area contributed by atoms with Crippen molar-refractivity contribution in [3.05, 3.63) is 46.9 Å². The molecule has 0 bridgehead atoms. The van der Waals surface area contributed by atoms with E-state index in [-0.39, 0.29) is 18.0 Å². The fourth-order valence-corrected chi connectivity index (χ4v) is 3.02. The van der Waals surface area contributed by atoms with Crippen molar-refractivity contribution in [2.45, 2.75) is 32.9 Å². The molecule has 7 heteroatoms. The quantitative estimate of drug-likeness (QED) is 0.832. The lowest BCUT2D eigenvalue weighted by atomic mass is 9.98. The first-order valence-electron chi connectivity index (χ1n) is 7.89. The Labute approximate surface area is 134 Å². The second-order valence-electron chi connectivity index (χ2n) is 6.14. The maximum atomic E-state index is 12.5. The van der Waals surface area contributed by atoms with Crippen LogP contribution in [0.2, 0.25) is 0 Å². The second-order valence-corrected chi connectivity index (χ2v) is 6.14. The average molecular weight is 315 g/mol. The van der Waals surface area contributed by atoms with Crippen molar-refractivity contribution in [2.24, 2.45) is 5.92 Å². The van der Waals surface area contributed by atoms with Gasteiger partial charge in [-0.3, -0.25) is 14.3 Å². The molecule has 3 heterocycles. The van der Waals surface area contributed by atoms with Gasteiger partial charge < -0.3 is 9.47 Å². The highest BCUT2D eigenvalue weighted by Gasteiger charge is 2.24. The summed E-state index contributed by atoms with van der Waals surface area (Å²) in [5, 5.41) is 4.12. The zero-order chi connectivity index (χ0) is 16.2. The summed E-state index contributed by atoms with van der Waals surface area (Å²) in [4.78, 5) is 30.2.